The van der Waals surface area contributed by atoms with Crippen LogP contribution >= 0.6 is 0 Å². The quantitative estimate of drug-likeness (QED) is 0.818. The second kappa shape index (κ2) is 7.18. The maximum atomic E-state index is 12.4. The molecule has 23 heavy (non-hydrogen) atoms. The van der Waals surface area contributed by atoms with Gasteiger partial charge >= 0.3 is 0 Å². The van der Waals surface area contributed by atoms with Crippen molar-refractivity contribution >= 4 is 12.0 Å². The first-order chi connectivity index (χ1) is 11.2. The zero-order valence-electron chi connectivity index (χ0n) is 13.4. The third-order valence-electron chi connectivity index (χ3n) is 4.17. The van der Waals surface area contributed by atoms with Gasteiger partial charge in [-0.05, 0) is 37.5 Å². The minimum atomic E-state index is 0.0735. The van der Waals surface area contributed by atoms with E-state index in [-0.39, 0.29) is 5.91 Å². The molecule has 1 aliphatic rings. The van der Waals surface area contributed by atoms with Crippen LogP contribution in [0.2, 0.25) is 0 Å². The van der Waals surface area contributed by atoms with Gasteiger partial charge in [-0.2, -0.15) is 0 Å². The molecule has 0 bridgehead atoms. The molecular weight excluding hydrogens is 286 g/mol. The molecule has 1 unspecified atom stereocenters. The molecule has 1 aromatic heterocycles. The van der Waals surface area contributed by atoms with Crippen molar-refractivity contribution in [3.8, 4) is 0 Å². The first kappa shape index (κ1) is 15.4. The van der Waals surface area contributed by atoms with Crippen LogP contribution in [0, 0.1) is 6.92 Å². The summed E-state index contributed by atoms with van der Waals surface area (Å²) in [7, 11) is 0. The number of aromatic nitrogens is 2. The molecule has 1 fully saturated rings. The van der Waals surface area contributed by atoms with E-state index in [2.05, 4.69) is 9.97 Å². The molecule has 0 saturated carbocycles. The summed E-state index contributed by atoms with van der Waals surface area (Å²) in [6.45, 7) is 3.45. The highest BCUT2D eigenvalue weighted by Crippen LogP contribution is 2.25. The average molecular weight is 307 g/mol. The molecule has 0 radical (unpaired) electrons. The van der Waals surface area contributed by atoms with Crippen molar-refractivity contribution in [3.63, 3.8) is 0 Å². The maximum Gasteiger partial charge on any atom is 0.246 e. The number of nitrogens with zero attached hydrogens (tertiary/aromatic N) is 3. The van der Waals surface area contributed by atoms with E-state index >= 15 is 0 Å². The lowest BCUT2D eigenvalue weighted by molar-refractivity contribution is -0.127. The number of hydrogen-bond donors (Lipinski definition) is 0. The zero-order valence-corrected chi connectivity index (χ0v) is 13.4. The van der Waals surface area contributed by atoms with Crippen LogP contribution in [-0.2, 0) is 4.79 Å². The number of likely N-dealkylation sites (tertiary alicyclic amines) is 1. The first-order valence-electron chi connectivity index (χ1n) is 8.04. The van der Waals surface area contributed by atoms with Gasteiger partial charge in [0.25, 0.3) is 0 Å². The van der Waals surface area contributed by atoms with Crippen molar-refractivity contribution in [3.05, 3.63) is 65.8 Å². The van der Waals surface area contributed by atoms with Gasteiger partial charge < -0.3 is 4.90 Å². The normalized spacial score (nSPS) is 18.3. The summed E-state index contributed by atoms with van der Waals surface area (Å²) in [5.74, 6) is 1.17. The predicted molar refractivity (Wildman–Crippen MR) is 90.8 cm³/mol. The Bertz CT molecular complexity index is 697. The molecule has 0 N–H and O–H groups in total. The summed E-state index contributed by atoms with van der Waals surface area (Å²) in [6.07, 6.45) is 7.43. The lowest BCUT2D eigenvalue weighted by atomic mass is 9.94. The van der Waals surface area contributed by atoms with Crippen LogP contribution in [-0.4, -0.2) is 33.9 Å². The third kappa shape index (κ3) is 4.03. The molecule has 4 heteroatoms. The van der Waals surface area contributed by atoms with E-state index in [9.17, 15) is 4.79 Å². The van der Waals surface area contributed by atoms with Crippen molar-refractivity contribution in [2.45, 2.75) is 25.7 Å². The van der Waals surface area contributed by atoms with Crippen LogP contribution in [0.4, 0.5) is 0 Å². The van der Waals surface area contributed by atoms with Crippen molar-refractivity contribution < 1.29 is 4.79 Å². The van der Waals surface area contributed by atoms with Crippen LogP contribution in [0.3, 0.4) is 0 Å². The fourth-order valence-electron chi connectivity index (χ4n) is 2.96. The third-order valence-corrected chi connectivity index (χ3v) is 4.17. The maximum absolute atomic E-state index is 12.4. The summed E-state index contributed by atoms with van der Waals surface area (Å²) < 4.78 is 0. The van der Waals surface area contributed by atoms with E-state index < -0.39 is 0 Å². The molecule has 2 heterocycles. The summed E-state index contributed by atoms with van der Waals surface area (Å²) in [6, 6.07) is 11.9. The van der Waals surface area contributed by atoms with Crippen LogP contribution < -0.4 is 0 Å². The van der Waals surface area contributed by atoms with Crippen LogP contribution in [0.15, 0.2) is 48.7 Å². The SMILES string of the molecule is Cc1nccc(C2CCCN(C(=O)/C=C/c3ccccc3)C2)n1. The predicted octanol–water partition coefficient (Wildman–Crippen LogP) is 3.20. The van der Waals surface area contributed by atoms with Gasteiger partial charge in [-0.3, -0.25) is 4.79 Å². The number of carbonyl (C=O) groups is 1. The molecule has 2 aromatic rings. The summed E-state index contributed by atoms with van der Waals surface area (Å²) in [5, 5.41) is 0. The second-order valence-electron chi connectivity index (χ2n) is 5.90. The fraction of sp³-hybridized carbons (Fsp3) is 0.316. The summed E-state index contributed by atoms with van der Waals surface area (Å²) in [4.78, 5) is 23.0. The van der Waals surface area contributed by atoms with Gasteiger partial charge in [0.05, 0.1) is 0 Å². The highest BCUT2D eigenvalue weighted by atomic mass is 16.2. The minimum Gasteiger partial charge on any atom is -0.338 e. The van der Waals surface area contributed by atoms with Crippen molar-refractivity contribution in [1.82, 2.24) is 14.9 Å². The van der Waals surface area contributed by atoms with Crippen LogP contribution in [0.1, 0.15) is 35.8 Å². The lowest BCUT2D eigenvalue weighted by Crippen LogP contribution is -2.38. The van der Waals surface area contributed by atoms with Crippen LogP contribution in [0.25, 0.3) is 6.08 Å². The van der Waals surface area contributed by atoms with Gasteiger partial charge in [0.2, 0.25) is 5.91 Å². The molecule has 1 amide bonds. The molecule has 1 aliphatic heterocycles. The topological polar surface area (TPSA) is 46.1 Å². The number of hydrogen-bond acceptors (Lipinski definition) is 3. The van der Waals surface area contributed by atoms with Gasteiger partial charge in [0.1, 0.15) is 5.82 Å². The Kier molecular flexibility index (Phi) is 4.81. The molecule has 118 valence electrons. The molecule has 1 aromatic carbocycles. The van der Waals surface area contributed by atoms with Gasteiger partial charge in [-0.1, -0.05) is 30.3 Å². The Labute approximate surface area is 136 Å². The second-order valence-corrected chi connectivity index (χ2v) is 5.90. The van der Waals surface area contributed by atoms with Crippen molar-refractivity contribution in [2.24, 2.45) is 0 Å². The summed E-state index contributed by atoms with van der Waals surface area (Å²) >= 11 is 0. The fourth-order valence-corrected chi connectivity index (χ4v) is 2.96. The summed E-state index contributed by atoms with van der Waals surface area (Å²) in [5.41, 5.74) is 2.09. The first-order valence-corrected chi connectivity index (χ1v) is 8.04. The lowest BCUT2D eigenvalue weighted by Gasteiger charge is -2.31. The van der Waals surface area contributed by atoms with E-state index in [1.54, 1.807) is 12.3 Å². The van der Waals surface area contributed by atoms with E-state index in [1.165, 1.54) is 0 Å². The smallest absolute Gasteiger partial charge is 0.246 e. The van der Waals surface area contributed by atoms with Gasteiger partial charge in [0.15, 0.2) is 0 Å². The van der Waals surface area contributed by atoms with Gasteiger partial charge in [-0.15, -0.1) is 0 Å². The molecule has 0 aliphatic carbocycles. The Morgan fingerprint density at radius 3 is 2.87 bits per heavy atom. The average Bonchev–Trinajstić information content (AvgIpc) is 2.61. The minimum absolute atomic E-state index is 0.0735. The largest absolute Gasteiger partial charge is 0.338 e. The standard InChI is InChI=1S/C19H21N3O/c1-15-20-12-11-18(21-15)17-8-5-13-22(14-17)19(23)10-9-16-6-3-2-4-7-16/h2-4,6-7,9-12,17H,5,8,13-14H2,1H3/b10-9+. The Balaban J connectivity index is 1.66. The molecular formula is C19H21N3O. The molecule has 3 rings (SSSR count). The highest BCUT2D eigenvalue weighted by molar-refractivity contribution is 5.91. The van der Waals surface area contributed by atoms with Crippen molar-refractivity contribution in [1.29, 1.82) is 0 Å². The zero-order chi connectivity index (χ0) is 16.1. The van der Waals surface area contributed by atoms with E-state index in [0.717, 1.165) is 43.0 Å². The van der Waals surface area contributed by atoms with E-state index in [0.29, 0.717) is 5.92 Å². The highest BCUT2D eigenvalue weighted by Gasteiger charge is 2.24. The van der Waals surface area contributed by atoms with Gasteiger partial charge in [0, 0.05) is 37.0 Å². The van der Waals surface area contributed by atoms with E-state index in [1.807, 2.05) is 54.3 Å². The number of rotatable bonds is 3. The Morgan fingerprint density at radius 1 is 1.26 bits per heavy atom. The number of amides is 1. The molecule has 1 atom stereocenters. The van der Waals surface area contributed by atoms with Crippen LogP contribution in [0.5, 0.6) is 0 Å². The van der Waals surface area contributed by atoms with Gasteiger partial charge in [-0.25, -0.2) is 9.97 Å². The molecule has 0 spiro atoms. The number of aryl methyl sites for hydroxylation is 1. The molecule has 4 nitrogen and oxygen atoms in total. The van der Waals surface area contributed by atoms with Crippen molar-refractivity contribution in [2.75, 3.05) is 13.1 Å². The van der Waals surface area contributed by atoms with E-state index in [4.69, 9.17) is 0 Å². The number of carbonyl (C=O) groups excluding carboxylic acids is 1. The Hall–Kier alpha value is -2.49. The monoisotopic (exact) mass is 307 g/mol. The number of benzene rings is 1. The molecule has 1 saturated heterocycles. The Morgan fingerprint density at radius 2 is 2.09 bits per heavy atom. The number of piperidine rings is 1.